The lowest BCUT2D eigenvalue weighted by molar-refractivity contribution is 0.164. The van der Waals surface area contributed by atoms with Gasteiger partial charge in [-0.3, -0.25) is 5.32 Å². The van der Waals surface area contributed by atoms with Crippen LogP contribution in [0, 0.1) is 12.8 Å². The fraction of sp³-hybridized carbons (Fsp3) is 0.769. The Bertz CT molecular complexity index is 444. The maximum Gasteiger partial charge on any atom is 0.324 e. The van der Waals surface area contributed by atoms with Crippen molar-refractivity contribution >= 4 is 22.5 Å². The molecule has 2 rings (SSSR count). The van der Waals surface area contributed by atoms with Crippen molar-refractivity contribution < 1.29 is 4.79 Å². The zero-order valence-corrected chi connectivity index (χ0v) is 12.8. The first kappa shape index (κ1) is 14.2. The largest absolute Gasteiger partial charge is 0.324 e. The van der Waals surface area contributed by atoms with Crippen LogP contribution in [0.2, 0.25) is 0 Å². The van der Waals surface area contributed by atoms with Gasteiger partial charge in [0.15, 0.2) is 0 Å². The number of aryl methyl sites for hydroxylation is 1. The third kappa shape index (κ3) is 3.43. The van der Waals surface area contributed by atoms with Crippen molar-refractivity contribution in [1.82, 2.24) is 15.1 Å². The summed E-state index contributed by atoms with van der Waals surface area (Å²) in [7, 11) is 0. The first-order valence-electron chi connectivity index (χ1n) is 6.92. The van der Waals surface area contributed by atoms with Crippen LogP contribution < -0.4 is 5.32 Å². The highest BCUT2D eigenvalue weighted by Crippen LogP contribution is 2.32. The minimum atomic E-state index is -0.0357. The van der Waals surface area contributed by atoms with Crippen molar-refractivity contribution in [3.05, 3.63) is 5.01 Å². The molecule has 1 aromatic rings. The molecule has 0 radical (unpaired) electrons. The molecule has 106 valence electrons. The smallest absolute Gasteiger partial charge is 0.319 e. The number of nitrogens with one attached hydrogen (secondary N) is 1. The van der Waals surface area contributed by atoms with Gasteiger partial charge >= 0.3 is 6.03 Å². The molecule has 0 spiro atoms. The molecular formula is C13H22N4OS. The number of nitrogens with zero attached hydrogens (tertiary/aromatic N) is 3. The highest BCUT2D eigenvalue weighted by atomic mass is 32.1. The van der Waals surface area contributed by atoms with Crippen LogP contribution in [0.25, 0.3) is 0 Å². The number of anilines is 1. The predicted molar refractivity (Wildman–Crippen MR) is 77.4 cm³/mol. The average Bonchev–Trinajstić information content (AvgIpc) is 3.12. The van der Waals surface area contributed by atoms with E-state index in [9.17, 15) is 4.79 Å². The number of carbonyl (C=O) groups excluding carboxylic acids is 1. The van der Waals surface area contributed by atoms with E-state index in [0.717, 1.165) is 24.3 Å². The normalized spacial score (nSPS) is 17.9. The predicted octanol–water partition coefficient (Wildman–Crippen LogP) is 3.28. The van der Waals surface area contributed by atoms with E-state index in [4.69, 9.17) is 0 Å². The molecule has 0 saturated heterocycles. The summed E-state index contributed by atoms with van der Waals surface area (Å²) < 4.78 is 0. The fourth-order valence-electron chi connectivity index (χ4n) is 2.15. The van der Waals surface area contributed by atoms with Gasteiger partial charge in [-0.1, -0.05) is 31.6 Å². The topological polar surface area (TPSA) is 58.1 Å². The third-order valence-corrected chi connectivity index (χ3v) is 4.58. The molecule has 0 bridgehead atoms. The molecule has 1 aliphatic carbocycles. The first-order chi connectivity index (χ1) is 9.02. The van der Waals surface area contributed by atoms with E-state index in [-0.39, 0.29) is 12.1 Å². The van der Waals surface area contributed by atoms with E-state index >= 15 is 0 Å². The summed E-state index contributed by atoms with van der Waals surface area (Å²) in [4.78, 5) is 14.4. The first-order valence-corrected chi connectivity index (χ1v) is 7.74. The number of aromatic nitrogens is 2. The molecule has 0 unspecified atom stereocenters. The van der Waals surface area contributed by atoms with Gasteiger partial charge < -0.3 is 4.90 Å². The van der Waals surface area contributed by atoms with E-state index < -0.39 is 0 Å². The van der Waals surface area contributed by atoms with Gasteiger partial charge in [0, 0.05) is 12.1 Å². The molecule has 1 N–H and O–H groups in total. The molecule has 1 fully saturated rings. The summed E-state index contributed by atoms with van der Waals surface area (Å²) in [5.74, 6) is 0.502. The van der Waals surface area contributed by atoms with Crippen LogP contribution in [0.5, 0.6) is 0 Å². The molecule has 0 aromatic carbocycles. The summed E-state index contributed by atoms with van der Waals surface area (Å²) in [6, 6.07) is 0.621. The molecule has 2 atom stereocenters. The minimum Gasteiger partial charge on any atom is -0.319 e. The maximum absolute atomic E-state index is 12.4. The van der Waals surface area contributed by atoms with Crippen LogP contribution >= 0.6 is 11.3 Å². The zero-order chi connectivity index (χ0) is 14.0. The molecule has 6 heteroatoms. The van der Waals surface area contributed by atoms with Crippen LogP contribution in [0.4, 0.5) is 9.93 Å². The Morgan fingerprint density at radius 2 is 2.16 bits per heavy atom. The van der Waals surface area contributed by atoms with E-state index in [0.29, 0.717) is 17.1 Å². The van der Waals surface area contributed by atoms with Crippen LogP contribution in [-0.4, -0.2) is 33.2 Å². The van der Waals surface area contributed by atoms with E-state index in [1.807, 2.05) is 11.8 Å². The molecule has 1 saturated carbocycles. The molecule has 2 amide bonds. The van der Waals surface area contributed by atoms with Crippen molar-refractivity contribution in [3.63, 3.8) is 0 Å². The van der Waals surface area contributed by atoms with Crippen molar-refractivity contribution in [2.45, 2.75) is 59.0 Å². The number of carbonyl (C=O) groups is 1. The summed E-state index contributed by atoms with van der Waals surface area (Å²) >= 11 is 1.41. The highest BCUT2D eigenvalue weighted by molar-refractivity contribution is 7.15. The second-order valence-corrected chi connectivity index (χ2v) is 6.50. The molecule has 1 aliphatic rings. The third-order valence-electron chi connectivity index (χ3n) is 3.82. The minimum absolute atomic E-state index is 0.0357. The van der Waals surface area contributed by atoms with Gasteiger partial charge in [-0.25, -0.2) is 4.79 Å². The summed E-state index contributed by atoms with van der Waals surface area (Å²) in [5.41, 5.74) is 0. The monoisotopic (exact) mass is 282 g/mol. The van der Waals surface area contributed by atoms with Gasteiger partial charge in [0.2, 0.25) is 5.13 Å². The van der Waals surface area contributed by atoms with Gasteiger partial charge in [0.25, 0.3) is 0 Å². The average molecular weight is 282 g/mol. The van der Waals surface area contributed by atoms with Gasteiger partial charge in [-0.05, 0) is 32.6 Å². The lowest BCUT2D eigenvalue weighted by Gasteiger charge is -2.32. The van der Waals surface area contributed by atoms with Crippen LogP contribution in [0.3, 0.4) is 0 Å². The van der Waals surface area contributed by atoms with Crippen molar-refractivity contribution in [2.24, 2.45) is 5.92 Å². The lowest BCUT2D eigenvalue weighted by Crippen LogP contribution is -2.45. The summed E-state index contributed by atoms with van der Waals surface area (Å²) in [5, 5.41) is 12.2. The molecule has 1 heterocycles. The molecular weight excluding hydrogens is 260 g/mol. The van der Waals surface area contributed by atoms with Crippen molar-refractivity contribution in [3.8, 4) is 0 Å². The Morgan fingerprint density at radius 3 is 2.63 bits per heavy atom. The summed E-state index contributed by atoms with van der Waals surface area (Å²) in [6.45, 7) is 8.38. The lowest BCUT2D eigenvalue weighted by atomic mass is 9.99. The number of hydrogen-bond acceptors (Lipinski definition) is 4. The number of hydrogen-bond donors (Lipinski definition) is 1. The van der Waals surface area contributed by atoms with E-state index in [2.05, 4.69) is 36.3 Å². The Kier molecular flexibility index (Phi) is 4.39. The Morgan fingerprint density at radius 1 is 1.47 bits per heavy atom. The second kappa shape index (κ2) is 5.86. The van der Waals surface area contributed by atoms with Crippen LogP contribution in [-0.2, 0) is 0 Å². The number of amides is 2. The van der Waals surface area contributed by atoms with Gasteiger partial charge in [-0.2, -0.15) is 0 Å². The van der Waals surface area contributed by atoms with Gasteiger partial charge in [0.05, 0.1) is 0 Å². The number of rotatable bonds is 5. The summed E-state index contributed by atoms with van der Waals surface area (Å²) in [6.07, 6.45) is 3.31. The fourth-order valence-corrected chi connectivity index (χ4v) is 2.74. The van der Waals surface area contributed by atoms with E-state index in [1.165, 1.54) is 11.3 Å². The molecule has 5 nitrogen and oxygen atoms in total. The Labute approximate surface area is 118 Å². The van der Waals surface area contributed by atoms with Crippen LogP contribution in [0.15, 0.2) is 0 Å². The van der Waals surface area contributed by atoms with Crippen LogP contribution in [0.1, 0.15) is 45.0 Å². The number of urea groups is 1. The molecule has 0 aliphatic heterocycles. The quantitative estimate of drug-likeness (QED) is 0.901. The Hall–Kier alpha value is -1.17. The highest BCUT2D eigenvalue weighted by Gasteiger charge is 2.37. The van der Waals surface area contributed by atoms with Crippen molar-refractivity contribution in [1.29, 1.82) is 0 Å². The van der Waals surface area contributed by atoms with E-state index in [1.54, 1.807) is 0 Å². The SMILES string of the molecule is CC[C@@H](C)[C@@H](C)N(C(=O)Nc1nnc(C)s1)C1CC1. The second-order valence-electron chi connectivity index (χ2n) is 5.32. The maximum atomic E-state index is 12.4. The Balaban J connectivity index is 2.04. The van der Waals surface area contributed by atoms with Gasteiger partial charge in [-0.15, -0.1) is 10.2 Å². The molecule has 19 heavy (non-hydrogen) atoms. The van der Waals surface area contributed by atoms with Crippen molar-refractivity contribution in [2.75, 3.05) is 5.32 Å². The van der Waals surface area contributed by atoms with Gasteiger partial charge in [0.1, 0.15) is 5.01 Å². The molecule has 1 aromatic heterocycles. The standard InChI is InChI=1S/C13H22N4OS/c1-5-8(2)9(3)17(11-6-7-11)13(18)14-12-16-15-10(4)19-12/h8-9,11H,5-7H2,1-4H3,(H,14,16,18)/t8-,9-/m1/s1. The zero-order valence-electron chi connectivity index (χ0n) is 12.0.